The summed E-state index contributed by atoms with van der Waals surface area (Å²) >= 11 is 0. The smallest absolute Gasteiger partial charge is 0.246 e. The molecule has 2 aromatic heterocycles. The van der Waals surface area contributed by atoms with E-state index in [-0.39, 0.29) is 24.5 Å². The SMILES string of the molecule is CN(Cc1nc(-c2ccccn2)no1)C(=O)C1CC(c2ccccc2)NN1. The van der Waals surface area contributed by atoms with E-state index in [0.29, 0.717) is 23.8 Å². The van der Waals surface area contributed by atoms with Crippen molar-refractivity contribution in [2.24, 2.45) is 0 Å². The van der Waals surface area contributed by atoms with Gasteiger partial charge in [-0.3, -0.25) is 9.78 Å². The number of aromatic nitrogens is 3. The zero-order valence-corrected chi connectivity index (χ0v) is 14.9. The summed E-state index contributed by atoms with van der Waals surface area (Å²) in [6.07, 6.45) is 2.35. The van der Waals surface area contributed by atoms with Crippen LogP contribution >= 0.6 is 0 Å². The zero-order valence-electron chi connectivity index (χ0n) is 14.9. The second-order valence-corrected chi connectivity index (χ2v) is 6.46. The van der Waals surface area contributed by atoms with Crippen molar-refractivity contribution in [1.29, 1.82) is 0 Å². The average molecular weight is 364 g/mol. The molecule has 0 bridgehead atoms. The maximum Gasteiger partial charge on any atom is 0.246 e. The van der Waals surface area contributed by atoms with Gasteiger partial charge in [-0.15, -0.1) is 0 Å². The maximum atomic E-state index is 12.7. The van der Waals surface area contributed by atoms with Crippen molar-refractivity contribution in [3.8, 4) is 11.5 Å². The van der Waals surface area contributed by atoms with Gasteiger partial charge < -0.3 is 9.42 Å². The quantitative estimate of drug-likeness (QED) is 0.711. The third-order valence-corrected chi connectivity index (χ3v) is 4.51. The Hall–Kier alpha value is -3.10. The van der Waals surface area contributed by atoms with Gasteiger partial charge in [-0.1, -0.05) is 41.6 Å². The van der Waals surface area contributed by atoms with Crippen LogP contribution in [0, 0.1) is 0 Å². The Labute approximate surface area is 156 Å². The van der Waals surface area contributed by atoms with Gasteiger partial charge in [-0.25, -0.2) is 10.9 Å². The lowest BCUT2D eigenvalue weighted by Crippen LogP contribution is -2.43. The van der Waals surface area contributed by atoms with Crippen LogP contribution in [0.15, 0.2) is 59.3 Å². The van der Waals surface area contributed by atoms with Crippen molar-refractivity contribution >= 4 is 5.91 Å². The van der Waals surface area contributed by atoms with Gasteiger partial charge in [0, 0.05) is 19.3 Å². The lowest BCUT2D eigenvalue weighted by Gasteiger charge is -2.18. The van der Waals surface area contributed by atoms with Crippen LogP contribution in [0.4, 0.5) is 0 Å². The van der Waals surface area contributed by atoms with Crippen LogP contribution in [0.1, 0.15) is 23.9 Å². The minimum atomic E-state index is -0.307. The van der Waals surface area contributed by atoms with Gasteiger partial charge in [0.25, 0.3) is 0 Å². The molecule has 1 aromatic carbocycles. The molecule has 3 aromatic rings. The van der Waals surface area contributed by atoms with Gasteiger partial charge in [-0.2, -0.15) is 4.98 Å². The van der Waals surface area contributed by atoms with Crippen LogP contribution in [0.3, 0.4) is 0 Å². The molecule has 2 unspecified atom stereocenters. The van der Waals surface area contributed by atoms with Crippen molar-refractivity contribution in [2.45, 2.75) is 25.0 Å². The molecular formula is C19H20N6O2. The topological polar surface area (TPSA) is 96.2 Å². The maximum absolute atomic E-state index is 12.7. The van der Waals surface area contributed by atoms with Crippen LogP contribution in [0.2, 0.25) is 0 Å². The first-order chi connectivity index (χ1) is 13.2. The van der Waals surface area contributed by atoms with Crippen molar-refractivity contribution < 1.29 is 9.32 Å². The Balaban J connectivity index is 1.37. The molecule has 138 valence electrons. The number of hydrogen-bond acceptors (Lipinski definition) is 7. The average Bonchev–Trinajstić information content (AvgIpc) is 3.39. The van der Waals surface area contributed by atoms with Crippen molar-refractivity contribution in [2.75, 3.05) is 7.05 Å². The molecule has 2 N–H and O–H groups in total. The second kappa shape index (κ2) is 7.65. The van der Waals surface area contributed by atoms with Gasteiger partial charge in [0.1, 0.15) is 11.7 Å². The van der Waals surface area contributed by atoms with Crippen molar-refractivity contribution in [1.82, 2.24) is 30.9 Å². The van der Waals surface area contributed by atoms with Crippen LogP contribution in [0.5, 0.6) is 0 Å². The number of benzene rings is 1. The first-order valence-electron chi connectivity index (χ1n) is 8.75. The summed E-state index contributed by atoms with van der Waals surface area (Å²) in [7, 11) is 1.73. The second-order valence-electron chi connectivity index (χ2n) is 6.46. The normalized spacial score (nSPS) is 19.1. The molecule has 1 aliphatic rings. The molecular weight excluding hydrogens is 344 g/mol. The Morgan fingerprint density at radius 2 is 2.00 bits per heavy atom. The Bertz CT molecular complexity index is 899. The van der Waals surface area contributed by atoms with E-state index < -0.39 is 0 Å². The van der Waals surface area contributed by atoms with E-state index in [1.54, 1.807) is 24.2 Å². The first-order valence-corrected chi connectivity index (χ1v) is 8.75. The fourth-order valence-electron chi connectivity index (χ4n) is 3.09. The van der Waals surface area contributed by atoms with Crippen LogP contribution in [-0.4, -0.2) is 39.0 Å². The summed E-state index contributed by atoms with van der Waals surface area (Å²) in [6, 6.07) is 15.3. The highest BCUT2D eigenvalue weighted by atomic mass is 16.5. The lowest BCUT2D eigenvalue weighted by molar-refractivity contribution is -0.132. The van der Waals surface area contributed by atoms with Crippen molar-refractivity contribution in [3.63, 3.8) is 0 Å². The van der Waals surface area contributed by atoms with E-state index in [1.807, 2.05) is 42.5 Å². The number of carbonyl (C=O) groups is 1. The highest BCUT2D eigenvalue weighted by Gasteiger charge is 2.32. The molecule has 0 radical (unpaired) electrons. The van der Waals surface area contributed by atoms with Gasteiger partial charge in [-0.05, 0) is 24.1 Å². The van der Waals surface area contributed by atoms with Gasteiger partial charge in [0.05, 0.1) is 6.54 Å². The highest BCUT2D eigenvalue weighted by Crippen LogP contribution is 2.23. The summed E-state index contributed by atoms with van der Waals surface area (Å²) in [5, 5.41) is 3.93. The fourth-order valence-corrected chi connectivity index (χ4v) is 3.09. The molecule has 0 spiro atoms. The summed E-state index contributed by atoms with van der Waals surface area (Å²) in [6.45, 7) is 0.243. The monoisotopic (exact) mass is 364 g/mol. The molecule has 8 nitrogen and oxygen atoms in total. The van der Waals surface area contributed by atoms with Gasteiger partial charge in [0.2, 0.25) is 17.6 Å². The predicted octanol–water partition coefficient (Wildman–Crippen LogP) is 1.70. The summed E-state index contributed by atoms with van der Waals surface area (Å²) in [5.74, 6) is 0.756. The minimum Gasteiger partial charge on any atom is -0.337 e. The van der Waals surface area contributed by atoms with E-state index in [9.17, 15) is 4.79 Å². The van der Waals surface area contributed by atoms with E-state index in [1.165, 1.54) is 0 Å². The Kier molecular flexibility index (Phi) is 4.91. The minimum absolute atomic E-state index is 0.0292. The van der Waals surface area contributed by atoms with Crippen LogP contribution in [0.25, 0.3) is 11.5 Å². The number of likely N-dealkylation sites (N-methyl/N-ethyl adjacent to an activating group) is 1. The number of pyridine rings is 1. The first kappa shape index (κ1) is 17.3. The fraction of sp³-hybridized carbons (Fsp3) is 0.263. The Morgan fingerprint density at radius 3 is 2.78 bits per heavy atom. The third-order valence-electron chi connectivity index (χ3n) is 4.51. The number of rotatable bonds is 5. The number of hydrazine groups is 1. The van der Waals surface area contributed by atoms with E-state index >= 15 is 0 Å². The number of amides is 1. The number of nitrogens with one attached hydrogen (secondary N) is 2. The number of hydrogen-bond donors (Lipinski definition) is 2. The molecule has 1 saturated heterocycles. The molecule has 1 amide bonds. The van der Waals surface area contributed by atoms with Crippen LogP contribution < -0.4 is 10.9 Å². The summed E-state index contributed by atoms with van der Waals surface area (Å²) < 4.78 is 5.26. The summed E-state index contributed by atoms with van der Waals surface area (Å²) in [5.41, 5.74) is 8.06. The molecule has 4 rings (SSSR count). The van der Waals surface area contributed by atoms with E-state index in [0.717, 1.165) is 5.56 Å². The molecule has 3 heterocycles. The molecule has 2 atom stereocenters. The largest absolute Gasteiger partial charge is 0.337 e. The van der Waals surface area contributed by atoms with Crippen LogP contribution in [-0.2, 0) is 11.3 Å². The molecule has 1 aliphatic heterocycles. The number of nitrogens with zero attached hydrogens (tertiary/aromatic N) is 4. The highest BCUT2D eigenvalue weighted by molar-refractivity contribution is 5.82. The molecule has 0 saturated carbocycles. The number of carbonyl (C=O) groups excluding carboxylic acids is 1. The summed E-state index contributed by atoms with van der Waals surface area (Å²) in [4.78, 5) is 22.8. The Morgan fingerprint density at radius 1 is 1.19 bits per heavy atom. The molecule has 0 aliphatic carbocycles. The van der Waals surface area contributed by atoms with Gasteiger partial charge in [0.15, 0.2) is 0 Å². The molecule has 27 heavy (non-hydrogen) atoms. The molecule has 8 heteroatoms. The lowest BCUT2D eigenvalue weighted by atomic mass is 10.0. The van der Waals surface area contributed by atoms with Crippen molar-refractivity contribution in [3.05, 3.63) is 66.2 Å². The standard InChI is InChI=1S/C19H20N6O2/c1-25(12-17-21-18(24-27-17)14-9-5-6-10-20-14)19(26)16-11-15(22-23-16)13-7-3-2-4-8-13/h2-10,15-16,22-23H,11-12H2,1H3. The predicted molar refractivity (Wildman–Crippen MR) is 97.9 cm³/mol. The van der Waals surface area contributed by atoms with Gasteiger partial charge >= 0.3 is 0 Å². The van der Waals surface area contributed by atoms with E-state index in [4.69, 9.17) is 4.52 Å². The third kappa shape index (κ3) is 3.86. The molecule has 1 fully saturated rings. The zero-order chi connectivity index (χ0) is 18.6. The van der Waals surface area contributed by atoms with E-state index in [2.05, 4.69) is 26.0 Å².